The molecule has 4 nitrogen and oxygen atoms in total. The van der Waals surface area contributed by atoms with Crippen LogP contribution in [0.3, 0.4) is 0 Å². The third kappa shape index (κ3) is 4.14. The number of thiophene rings is 1. The van der Waals surface area contributed by atoms with Gasteiger partial charge in [0.1, 0.15) is 0 Å². The van der Waals surface area contributed by atoms with Crippen molar-refractivity contribution in [2.24, 2.45) is 0 Å². The molecule has 0 unspecified atom stereocenters. The van der Waals surface area contributed by atoms with E-state index < -0.39 is 17.3 Å². The van der Waals surface area contributed by atoms with Crippen LogP contribution in [0.1, 0.15) is 57.2 Å². The van der Waals surface area contributed by atoms with Crippen LogP contribution in [0.25, 0.3) is 10.2 Å². The summed E-state index contributed by atoms with van der Waals surface area (Å²) in [5.41, 5.74) is 2.51. The molecule has 1 aliphatic rings. The van der Waals surface area contributed by atoms with Crippen LogP contribution >= 0.6 is 11.3 Å². The molecule has 1 amide bonds. The van der Waals surface area contributed by atoms with Gasteiger partial charge in [0.25, 0.3) is 5.91 Å². The maximum Gasteiger partial charge on any atom is 0.416 e. The number of Topliss-reactive ketones (excluding diaryl/α,β-unsaturated/α-hetero) is 1. The van der Waals surface area contributed by atoms with Crippen molar-refractivity contribution in [3.8, 4) is 0 Å². The second-order valence-electron chi connectivity index (χ2n) is 8.67. The van der Waals surface area contributed by atoms with Crippen LogP contribution in [-0.2, 0) is 18.3 Å². The van der Waals surface area contributed by atoms with E-state index in [2.05, 4.69) is 5.32 Å². The maximum atomic E-state index is 13.3. The quantitative estimate of drug-likeness (QED) is 0.324. The first kappa shape index (κ1) is 22.4. The van der Waals surface area contributed by atoms with E-state index in [0.29, 0.717) is 23.2 Å². The standard InChI is InChI=1S/C26H21F3N2O2S/c1-16(32)18-4-8-19(9-5-18)25(11-12-25)30-24(33)21-15-34-22-10-13-31(23(21)22)14-17-2-6-20(7-3-17)26(27,28)29/h2-10,13,15H,11-12,14H2,1H3,(H,30,33). The lowest BCUT2D eigenvalue weighted by atomic mass is 10.0. The number of rotatable bonds is 6. The Balaban J connectivity index is 1.38. The highest BCUT2D eigenvalue weighted by Gasteiger charge is 2.46. The summed E-state index contributed by atoms with van der Waals surface area (Å²) in [6.07, 6.45) is -0.887. The van der Waals surface area contributed by atoms with Gasteiger partial charge in [-0.2, -0.15) is 13.2 Å². The predicted molar refractivity (Wildman–Crippen MR) is 125 cm³/mol. The third-order valence-corrected chi connectivity index (χ3v) is 7.25. The number of alkyl halides is 3. The largest absolute Gasteiger partial charge is 0.416 e. The second-order valence-corrected chi connectivity index (χ2v) is 9.58. The molecule has 2 aromatic carbocycles. The number of carbonyl (C=O) groups excluding carboxylic acids is 2. The third-order valence-electron chi connectivity index (χ3n) is 6.31. The molecule has 1 fully saturated rings. The molecule has 0 radical (unpaired) electrons. The van der Waals surface area contributed by atoms with Gasteiger partial charge in [-0.3, -0.25) is 9.59 Å². The van der Waals surface area contributed by atoms with Crippen LogP contribution in [0.4, 0.5) is 13.2 Å². The zero-order valence-electron chi connectivity index (χ0n) is 18.3. The molecule has 0 saturated heterocycles. The first-order valence-electron chi connectivity index (χ1n) is 10.8. The number of hydrogen-bond acceptors (Lipinski definition) is 3. The normalized spacial score (nSPS) is 14.8. The average Bonchev–Trinajstić information content (AvgIpc) is 3.28. The van der Waals surface area contributed by atoms with E-state index in [1.54, 1.807) is 12.1 Å². The molecular weight excluding hydrogens is 461 g/mol. The first-order valence-corrected chi connectivity index (χ1v) is 11.7. The minimum Gasteiger partial charge on any atom is -0.342 e. The highest BCUT2D eigenvalue weighted by atomic mass is 32.1. The molecule has 0 bridgehead atoms. The number of nitrogens with zero attached hydrogens (tertiary/aromatic N) is 1. The van der Waals surface area contributed by atoms with Crippen LogP contribution < -0.4 is 5.32 Å². The van der Waals surface area contributed by atoms with E-state index in [1.165, 1.54) is 30.4 Å². The van der Waals surface area contributed by atoms with Gasteiger partial charge in [0, 0.05) is 23.7 Å². The Morgan fingerprint density at radius 2 is 1.71 bits per heavy atom. The predicted octanol–water partition coefficient (Wildman–Crippen LogP) is 6.39. The van der Waals surface area contributed by atoms with Gasteiger partial charge >= 0.3 is 6.18 Å². The number of nitrogens with one attached hydrogen (secondary N) is 1. The van der Waals surface area contributed by atoms with E-state index in [0.717, 1.165) is 40.8 Å². The number of aromatic nitrogens is 1. The summed E-state index contributed by atoms with van der Waals surface area (Å²) in [6.45, 7) is 1.88. The SMILES string of the molecule is CC(=O)c1ccc(C2(NC(=O)c3csc4ccn(Cc5ccc(C(F)(F)F)cc5)c34)CC2)cc1. The van der Waals surface area contributed by atoms with Crippen molar-refractivity contribution < 1.29 is 22.8 Å². The first-order chi connectivity index (χ1) is 16.2. The van der Waals surface area contributed by atoms with Gasteiger partial charge in [0.2, 0.25) is 0 Å². The van der Waals surface area contributed by atoms with E-state index in [4.69, 9.17) is 0 Å². The van der Waals surface area contributed by atoms with Crippen molar-refractivity contribution in [3.05, 3.63) is 94.0 Å². The summed E-state index contributed by atoms with van der Waals surface area (Å²) < 4.78 is 41.4. The summed E-state index contributed by atoms with van der Waals surface area (Å²) in [6, 6.07) is 14.3. The number of hydrogen-bond donors (Lipinski definition) is 1. The highest BCUT2D eigenvalue weighted by Crippen LogP contribution is 2.46. The number of benzene rings is 2. The van der Waals surface area contributed by atoms with Crippen molar-refractivity contribution in [1.82, 2.24) is 9.88 Å². The topological polar surface area (TPSA) is 51.1 Å². The molecule has 1 aliphatic carbocycles. The summed E-state index contributed by atoms with van der Waals surface area (Å²) in [4.78, 5) is 24.8. The van der Waals surface area contributed by atoms with Gasteiger partial charge in [-0.15, -0.1) is 11.3 Å². The van der Waals surface area contributed by atoms with Crippen molar-refractivity contribution in [3.63, 3.8) is 0 Å². The van der Waals surface area contributed by atoms with Crippen molar-refractivity contribution in [2.75, 3.05) is 0 Å². The monoisotopic (exact) mass is 482 g/mol. The molecule has 34 heavy (non-hydrogen) atoms. The number of carbonyl (C=O) groups is 2. The number of ketones is 1. The molecule has 1 N–H and O–H groups in total. The molecule has 1 saturated carbocycles. The maximum absolute atomic E-state index is 13.3. The molecule has 4 aromatic rings. The van der Waals surface area contributed by atoms with Gasteiger partial charge in [0.15, 0.2) is 5.78 Å². The smallest absolute Gasteiger partial charge is 0.342 e. The summed E-state index contributed by atoms with van der Waals surface area (Å²) in [7, 11) is 0. The average molecular weight is 483 g/mol. The molecule has 0 aliphatic heterocycles. The molecule has 174 valence electrons. The Kier molecular flexibility index (Phi) is 5.36. The molecule has 8 heteroatoms. The van der Waals surface area contributed by atoms with Gasteiger partial charge in [0.05, 0.1) is 26.9 Å². The minimum atomic E-state index is -4.37. The molecule has 2 aromatic heterocycles. The van der Waals surface area contributed by atoms with Gasteiger partial charge < -0.3 is 9.88 Å². The Hall–Kier alpha value is -3.39. The zero-order valence-corrected chi connectivity index (χ0v) is 19.1. The minimum absolute atomic E-state index is 0.00472. The van der Waals surface area contributed by atoms with E-state index in [9.17, 15) is 22.8 Å². The molecule has 2 heterocycles. The number of halogens is 3. The van der Waals surface area contributed by atoms with Crippen molar-refractivity contribution in [1.29, 1.82) is 0 Å². The fraction of sp³-hybridized carbons (Fsp3) is 0.231. The lowest BCUT2D eigenvalue weighted by Gasteiger charge is -2.18. The van der Waals surface area contributed by atoms with E-state index in [-0.39, 0.29) is 11.7 Å². The van der Waals surface area contributed by atoms with Gasteiger partial charge in [-0.05, 0) is 49.1 Å². The Labute approximate surface area is 198 Å². The van der Waals surface area contributed by atoms with Crippen LogP contribution in [0, 0.1) is 0 Å². The Morgan fingerprint density at radius 3 is 2.29 bits per heavy atom. The number of amides is 1. The molecular formula is C26H21F3N2O2S. The molecule has 0 atom stereocenters. The lowest BCUT2D eigenvalue weighted by molar-refractivity contribution is -0.137. The Morgan fingerprint density at radius 1 is 1.03 bits per heavy atom. The van der Waals surface area contributed by atoms with Crippen molar-refractivity contribution >= 4 is 33.2 Å². The molecule has 0 spiro atoms. The molecule has 5 rings (SSSR count). The van der Waals surface area contributed by atoms with Crippen LogP contribution in [0.15, 0.2) is 66.2 Å². The van der Waals surface area contributed by atoms with Gasteiger partial charge in [-0.1, -0.05) is 36.4 Å². The van der Waals surface area contributed by atoms with Crippen LogP contribution in [0.5, 0.6) is 0 Å². The summed E-state index contributed by atoms with van der Waals surface area (Å²) >= 11 is 1.46. The second kappa shape index (κ2) is 8.13. The van der Waals surface area contributed by atoms with Crippen LogP contribution in [0.2, 0.25) is 0 Å². The van der Waals surface area contributed by atoms with Crippen molar-refractivity contribution in [2.45, 2.75) is 38.0 Å². The van der Waals surface area contributed by atoms with Crippen LogP contribution in [-0.4, -0.2) is 16.3 Å². The fourth-order valence-corrected chi connectivity index (χ4v) is 5.16. The zero-order chi connectivity index (χ0) is 24.1. The lowest BCUT2D eigenvalue weighted by Crippen LogP contribution is -2.34. The highest BCUT2D eigenvalue weighted by molar-refractivity contribution is 7.17. The fourth-order valence-electron chi connectivity index (χ4n) is 4.22. The van der Waals surface area contributed by atoms with E-state index >= 15 is 0 Å². The summed E-state index contributed by atoms with van der Waals surface area (Å²) in [5.74, 6) is -0.193. The summed E-state index contributed by atoms with van der Waals surface area (Å²) in [5, 5.41) is 4.99. The van der Waals surface area contributed by atoms with Gasteiger partial charge in [-0.25, -0.2) is 0 Å². The Bertz CT molecular complexity index is 1380. The van der Waals surface area contributed by atoms with E-state index in [1.807, 2.05) is 34.3 Å². The number of fused-ring (bicyclic) bond motifs is 1.